The number of methoxy groups -OCH3 is 1. The van der Waals surface area contributed by atoms with Crippen LogP contribution in [0.1, 0.15) is 18.5 Å². The van der Waals surface area contributed by atoms with Crippen LogP contribution in [0.2, 0.25) is 0 Å². The Morgan fingerprint density at radius 3 is 2.58 bits per heavy atom. The van der Waals surface area contributed by atoms with Gasteiger partial charge in [0.15, 0.2) is 11.0 Å². The summed E-state index contributed by atoms with van der Waals surface area (Å²) in [6.07, 6.45) is 1.97. The Bertz CT molecular complexity index is 1170. The Morgan fingerprint density at radius 1 is 1.14 bits per heavy atom. The molecule has 0 radical (unpaired) electrons. The summed E-state index contributed by atoms with van der Waals surface area (Å²) in [4.78, 5) is 31.7. The summed E-state index contributed by atoms with van der Waals surface area (Å²) >= 11 is 1.46. The molecule has 190 valence electrons. The first-order chi connectivity index (χ1) is 17.6. The zero-order valence-electron chi connectivity index (χ0n) is 20.5. The van der Waals surface area contributed by atoms with E-state index < -0.39 is 0 Å². The minimum absolute atomic E-state index is 0.101. The molecule has 3 aromatic rings. The Kier molecular flexibility index (Phi) is 7.63. The maximum atomic E-state index is 12.0. The van der Waals surface area contributed by atoms with Crippen molar-refractivity contribution < 1.29 is 9.53 Å². The third-order valence-corrected chi connectivity index (χ3v) is 6.97. The van der Waals surface area contributed by atoms with Crippen LogP contribution >= 0.6 is 11.8 Å². The second-order valence-corrected chi connectivity index (χ2v) is 10.1. The molecule has 1 amide bonds. The molecule has 11 nitrogen and oxygen atoms in total. The fourth-order valence-corrected chi connectivity index (χ4v) is 4.62. The lowest BCUT2D eigenvalue weighted by Crippen LogP contribution is -2.48. The summed E-state index contributed by atoms with van der Waals surface area (Å²) in [6, 6.07) is 9.66. The molecule has 12 heteroatoms. The van der Waals surface area contributed by atoms with E-state index in [4.69, 9.17) is 14.7 Å². The summed E-state index contributed by atoms with van der Waals surface area (Å²) in [7, 11) is 1.73. The van der Waals surface area contributed by atoms with Gasteiger partial charge in [-0.3, -0.25) is 14.8 Å². The van der Waals surface area contributed by atoms with Crippen LogP contribution in [0.5, 0.6) is 0 Å². The Morgan fingerprint density at radius 2 is 1.92 bits per heavy atom. The maximum Gasteiger partial charge on any atom is 0.234 e. The second kappa shape index (κ2) is 11.2. The molecule has 3 heterocycles. The van der Waals surface area contributed by atoms with Crippen molar-refractivity contribution in [2.75, 3.05) is 62.0 Å². The van der Waals surface area contributed by atoms with Crippen LogP contribution < -0.4 is 15.5 Å². The van der Waals surface area contributed by atoms with Crippen molar-refractivity contribution in [3.63, 3.8) is 0 Å². The smallest absolute Gasteiger partial charge is 0.234 e. The van der Waals surface area contributed by atoms with Crippen molar-refractivity contribution in [1.29, 1.82) is 0 Å². The molecule has 0 unspecified atom stereocenters. The van der Waals surface area contributed by atoms with Crippen LogP contribution in [0.15, 0.2) is 40.4 Å². The van der Waals surface area contributed by atoms with Crippen LogP contribution in [-0.4, -0.2) is 82.4 Å². The van der Waals surface area contributed by atoms with Gasteiger partial charge in [-0.05, 0) is 55.8 Å². The number of aromatic amines is 1. The van der Waals surface area contributed by atoms with Gasteiger partial charge in [0, 0.05) is 68.1 Å². The molecule has 1 aromatic carbocycles. The quantitative estimate of drug-likeness (QED) is 0.376. The molecule has 2 aromatic heterocycles. The van der Waals surface area contributed by atoms with E-state index in [1.54, 1.807) is 7.11 Å². The standard InChI is InChI=1S/C24H31N9O2S/c1-16-15-20(31-30-16)26-22-27-23(33-11-9-32(10-12-33)13-14-35-2)29-24(28-22)36-19-7-5-18(6-8-19)25-21(34)17-3-4-17/h5-8,15,17H,3-4,9-14H2,1-2H3,(H,25,34)(H2,26,27,28,29,30,31). The second-order valence-electron chi connectivity index (χ2n) is 9.01. The van der Waals surface area contributed by atoms with Crippen molar-refractivity contribution in [2.45, 2.75) is 29.8 Å². The number of aryl methyl sites for hydroxylation is 1. The lowest BCUT2D eigenvalue weighted by Gasteiger charge is -2.34. The van der Waals surface area contributed by atoms with E-state index in [1.807, 2.05) is 37.3 Å². The highest BCUT2D eigenvalue weighted by atomic mass is 32.2. The maximum absolute atomic E-state index is 12.0. The van der Waals surface area contributed by atoms with Gasteiger partial charge in [-0.1, -0.05) is 0 Å². The Hall–Kier alpha value is -3.22. The molecule has 1 saturated heterocycles. The van der Waals surface area contributed by atoms with Crippen molar-refractivity contribution in [1.82, 2.24) is 30.0 Å². The monoisotopic (exact) mass is 509 g/mol. The molecule has 1 aliphatic heterocycles. The van der Waals surface area contributed by atoms with E-state index in [9.17, 15) is 4.79 Å². The van der Waals surface area contributed by atoms with Gasteiger partial charge in [-0.15, -0.1) is 0 Å². The number of nitrogens with zero attached hydrogens (tertiary/aromatic N) is 6. The lowest BCUT2D eigenvalue weighted by molar-refractivity contribution is -0.117. The number of piperazine rings is 1. The minimum atomic E-state index is 0.101. The summed E-state index contributed by atoms with van der Waals surface area (Å²) in [5.41, 5.74) is 1.75. The zero-order chi connectivity index (χ0) is 24.9. The highest BCUT2D eigenvalue weighted by Gasteiger charge is 2.29. The largest absolute Gasteiger partial charge is 0.383 e. The van der Waals surface area contributed by atoms with E-state index in [0.29, 0.717) is 22.9 Å². The van der Waals surface area contributed by atoms with Gasteiger partial charge < -0.3 is 20.3 Å². The number of amides is 1. The lowest BCUT2D eigenvalue weighted by atomic mass is 10.3. The van der Waals surface area contributed by atoms with E-state index in [-0.39, 0.29) is 11.8 Å². The molecule has 1 aliphatic carbocycles. The van der Waals surface area contributed by atoms with Gasteiger partial charge >= 0.3 is 0 Å². The van der Waals surface area contributed by atoms with Crippen molar-refractivity contribution >= 4 is 41.1 Å². The van der Waals surface area contributed by atoms with Crippen molar-refractivity contribution in [2.24, 2.45) is 5.92 Å². The van der Waals surface area contributed by atoms with Crippen molar-refractivity contribution in [3.8, 4) is 0 Å². The fraction of sp³-hybridized carbons (Fsp3) is 0.458. The average Bonchev–Trinajstić information content (AvgIpc) is 3.66. The molecule has 0 atom stereocenters. The summed E-state index contributed by atoms with van der Waals surface area (Å²) in [5.74, 6) is 2.02. The molecule has 1 saturated carbocycles. The summed E-state index contributed by atoms with van der Waals surface area (Å²) in [6.45, 7) is 7.10. The number of benzene rings is 1. The number of carbonyl (C=O) groups is 1. The van der Waals surface area contributed by atoms with Crippen LogP contribution in [0, 0.1) is 12.8 Å². The van der Waals surface area contributed by atoms with Gasteiger partial charge in [0.25, 0.3) is 0 Å². The summed E-state index contributed by atoms with van der Waals surface area (Å²) in [5, 5.41) is 13.9. The molecule has 2 fully saturated rings. The summed E-state index contributed by atoms with van der Waals surface area (Å²) < 4.78 is 5.21. The number of hydrogen-bond acceptors (Lipinski definition) is 10. The number of hydrogen-bond donors (Lipinski definition) is 3. The average molecular weight is 510 g/mol. The predicted molar refractivity (Wildman–Crippen MR) is 139 cm³/mol. The van der Waals surface area contributed by atoms with Crippen LogP contribution in [0.4, 0.5) is 23.4 Å². The van der Waals surface area contributed by atoms with Crippen LogP contribution in [-0.2, 0) is 9.53 Å². The molecule has 5 rings (SSSR count). The number of carbonyl (C=O) groups excluding carboxylic acids is 1. The highest BCUT2D eigenvalue weighted by molar-refractivity contribution is 7.99. The molecule has 2 aliphatic rings. The Labute approximate surface area is 214 Å². The number of nitrogens with one attached hydrogen (secondary N) is 3. The molecule has 36 heavy (non-hydrogen) atoms. The first-order valence-corrected chi connectivity index (χ1v) is 13.0. The third-order valence-electron chi connectivity index (χ3n) is 6.09. The zero-order valence-corrected chi connectivity index (χ0v) is 21.3. The molecule has 0 bridgehead atoms. The van der Waals surface area contributed by atoms with Crippen molar-refractivity contribution in [3.05, 3.63) is 36.0 Å². The van der Waals surface area contributed by atoms with E-state index >= 15 is 0 Å². The van der Waals surface area contributed by atoms with Gasteiger partial charge in [-0.2, -0.15) is 20.1 Å². The predicted octanol–water partition coefficient (Wildman–Crippen LogP) is 2.91. The van der Waals surface area contributed by atoms with Crippen LogP contribution in [0.3, 0.4) is 0 Å². The first kappa shape index (κ1) is 24.5. The first-order valence-electron chi connectivity index (χ1n) is 12.2. The van der Waals surface area contributed by atoms with Gasteiger partial charge in [0.1, 0.15) is 0 Å². The number of rotatable bonds is 10. The molecular weight excluding hydrogens is 478 g/mol. The van der Waals surface area contributed by atoms with E-state index in [1.165, 1.54) is 11.8 Å². The molecule has 0 spiro atoms. The molecular formula is C24H31N9O2S. The number of H-pyrrole nitrogens is 1. The highest BCUT2D eigenvalue weighted by Crippen LogP contribution is 2.31. The van der Waals surface area contributed by atoms with Gasteiger partial charge in [-0.25, -0.2) is 0 Å². The van der Waals surface area contributed by atoms with E-state index in [2.05, 4.69) is 35.6 Å². The van der Waals surface area contributed by atoms with Crippen LogP contribution in [0.25, 0.3) is 0 Å². The van der Waals surface area contributed by atoms with E-state index in [0.717, 1.165) is 68.4 Å². The Balaban J connectivity index is 1.31. The fourth-order valence-electron chi connectivity index (χ4n) is 3.88. The third kappa shape index (κ3) is 6.50. The minimum Gasteiger partial charge on any atom is -0.383 e. The van der Waals surface area contributed by atoms with Gasteiger partial charge in [0.2, 0.25) is 17.8 Å². The number of anilines is 4. The number of aromatic nitrogens is 5. The SMILES string of the molecule is COCCN1CCN(c2nc(Nc3cc(C)[nH]n3)nc(Sc3ccc(NC(=O)C4CC4)cc3)n2)CC1. The topological polar surface area (TPSA) is 124 Å². The van der Waals surface area contributed by atoms with Gasteiger partial charge in [0.05, 0.1) is 6.61 Å². The molecule has 3 N–H and O–H groups in total. The normalized spacial score (nSPS) is 16.2. The number of ether oxygens (including phenoxy) is 1.